The topological polar surface area (TPSA) is 26.0 Å². The standard InChI is InChI=1S/C11H15F2N/c1-3-11(2,14)7-8-6-9(12)4-5-10(8)13/h4-6H,3,7,14H2,1-2H3. The monoisotopic (exact) mass is 199 g/mol. The van der Waals surface area contributed by atoms with E-state index in [9.17, 15) is 8.78 Å². The molecule has 0 amide bonds. The second-order valence-corrected chi connectivity index (χ2v) is 3.92. The molecule has 1 aromatic carbocycles. The smallest absolute Gasteiger partial charge is 0.126 e. The Morgan fingerprint density at radius 2 is 2.00 bits per heavy atom. The summed E-state index contributed by atoms with van der Waals surface area (Å²) < 4.78 is 26.0. The third-order valence-corrected chi connectivity index (χ3v) is 2.41. The highest BCUT2D eigenvalue weighted by atomic mass is 19.1. The Labute approximate surface area is 82.9 Å². The summed E-state index contributed by atoms with van der Waals surface area (Å²) in [6.07, 6.45) is 1.08. The van der Waals surface area contributed by atoms with Gasteiger partial charge < -0.3 is 5.73 Å². The Kier molecular flexibility index (Phi) is 3.21. The molecule has 1 aromatic rings. The predicted molar refractivity (Wildman–Crippen MR) is 52.9 cm³/mol. The van der Waals surface area contributed by atoms with Crippen molar-refractivity contribution in [1.29, 1.82) is 0 Å². The van der Waals surface area contributed by atoms with Crippen molar-refractivity contribution in [2.24, 2.45) is 5.73 Å². The van der Waals surface area contributed by atoms with E-state index in [0.29, 0.717) is 12.0 Å². The number of benzene rings is 1. The molecule has 1 nitrogen and oxygen atoms in total. The Morgan fingerprint density at radius 3 is 2.57 bits per heavy atom. The molecule has 0 spiro atoms. The van der Waals surface area contributed by atoms with Gasteiger partial charge in [0.05, 0.1) is 0 Å². The van der Waals surface area contributed by atoms with Gasteiger partial charge in [-0.15, -0.1) is 0 Å². The number of hydrogen-bond donors (Lipinski definition) is 1. The van der Waals surface area contributed by atoms with Gasteiger partial charge in [-0.3, -0.25) is 0 Å². The minimum absolute atomic E-state index is 0.344. The van der Waals surface area contributed by atoms with Crippen LogP contribution < -0.4 is 5.73 Å². The zero-order chi connectivity index (χ0) is 10.8. The number of hydrogen-bond acceptors (Lipinski definition) is 1. The summed E-state index contributed by atoms with van der Waals surface area (Å²) in [5.74, 6) is -0.815. The van der Waals surface area contributed by atoms with Gasteiger partial charge in [0.2, 0.25) is 0 Å². The molecule has 0 aromatic heterocycles. The van der Waals surface area contributed by atoms with Crippen LogP contribution in [0, 0.1) is 11.6 Å². The quantitative estimate of drug-likeness (QED) is 0.795. The van der Waals surface area contributed by atoms with Gasteiger partial charge in [0.1, 0.15) is 11.6 Å². The number of rotatable bonds is 3. The van der Waals surface area contributed by atoms with E-state index >= 15 is 0 Å². The van der Waals surface area contributed by atoms with Gasteiger partial charge in [-0.2, -0.15) is 0 Å². The van der Waals surface area contributed by atoms with Gasteiger partial charge >= 0.3 is 0 Å². The molecule has 0 bridgehead atoms. The summed E-state index contributed by atoms with van der Waals surface area (Å²) in [6, 6.07) is 3.45. The van der Waals surface area contributed by atoms with Crippen molar-refractivity contribution in [3.05, 3.63) is 35.4 Å². The predicted octanol–water partition coefficient (Wildman–Crippen LogP) is 2.63. The van der Waals surface area contributed by atoms with Crippen LogP contribution in [0.5, 0.6) is 0 Å². The molecule has 0 aliphatic heterocycles. The zero-order valence-electron chi connectivity index (χ0n) is 8.48. The van der Waals surface area contributed by atoms with Crippen LogP contribution in [0.1, 0.15) is 25.8 Å². The van der Waals surface area contributed by atoms with Gasteiger partial charge in [0.15, 0.2) is 0 Å². The van der Waals surface area contributed by atoms with Gasteiger partial charge in [-0.05, 0) is 43.5 Å². The lowest BCUT2D eigenvalue weighted by molar-refractivity contribution is 0.438. The van der Waals surface area contributed by atoms with E-state index in [-0.39, 0.29) is 0 Å². The number of halogens is 2. The summed E-state index contributed by atoms with van der Waals surface area (Å²) in [5.41, 5.74) is 5.74. The zero-order valence-corrected chi connectivity index (χ0v) is 8.48. The van der Waals surface area contributed by atoms with E-state index in [0.717, 1.165) is 18.6 Å². The molecule has 0 aliphatic rings. The van der Waals surface area contributed by atoms with Crippen molar-refractivity contribution in [2.45, 2.75) is 32.2 Å². The third kappa shape index (κ3) is 2.77. The van der Waals surface area contributed by atoms with Crippen LogP contribution in [0.25, 0.3) is 0 Å². The van der Waals surface area contributed by atoms with E-state index < -0.39 is 17.2 Å². The van der Waals surface area contributed by atoms with E-state index in [1.54, 1.807) is 0 Å². The molecule has 14 heavy (non-hydrogen) atoms. The van der Waals surface area contributed by atoms with Gasteiger partial charge in [-0.1, -0.05) is 6.92 Å². The molecule has 0 fully saturated rings. The highest BCUT2D eigenvalue weighted by molar-refractivity contribution is 5.20. The minimum atomic E-state index is -0.478. The van der Waals surface area contributed by atoms with Gasteiger partial charge in [0, 0.05) is 5.54 Å². The lowest BCUT2D eigenvalue weighted by Crippen LogP contribution is -2.37. The largest absolute Gasteiger partial charge is 0.325 e. The first-order chi connectivity index (χ1) is 6.44. The Balaban J connectivity index is 2.91. The van der Waals surface area contributed by atoms with Crippen molar-refractivity contribution < 1.29 is 8.78 Å². The molecule has 1 unspecified atom stereocenters. The second-order valence-electron chi connectivity index (χ2n) is 3.92. The maximum atomic E-state index is 13.2. The summed E-state index contributed by atoms with van der Waals surface area (Å²) in [5, 5.41) is 0. The maximum absolute atomic E-state index is 13.2. The van der Waals surface area contributed by atoms with Crippen LogP contribution in [-0.4, -0.2) is 5.54 Å². The van der Waals surface area contributed by atoms with Crippen molar-refractivity contribution in [3.8, 4) is 0 Å². The normalized spacial score (nSPS) is 15.2. The van der Waals surface area contributed by atoms with Gasteiger partial charge in [-0.25, -0.2) is 8.78 Å². The highest BCUT2D eigenvalue weighted by Crippen LogP contribution is 2.17. The fraction of sp³-hybridized carbons (Fsp3) is 0.455. The highest BCUT2D eigenvalue weighted by Gasteiger charge is 2.18. The fourth-order valence-electron chi connectivity index (χ4n) is 1.24. The molecule has 2 N–H and O–H groups in total. The molecule has 0 aliphatic carbocycles. The lowest BCUT2D eigenvalue weighted by Gasteiger charge is -2.22. The molecule has 78 valence electrons. The van der Waals surface area contributed by atoms with Crippen LogP contribution in [-0.2, 0) is 6.42 Å². The first kappa shape index (κ1) is 11.1. The van der Waals surface area contributed by atoms with Crippen LogP contribution in [0.2, 0.25) is 0 Å². The van der Waals surface area contributed by atoms with Crippen LogP contribution in [0.3, 0.4) is 0 Å². The fourth-order valence-corrected chi connectivity index (χ4v) is 1.24. The van der Waals surface area contributed by atoms with Crippen LogP contribution >= 0.6 is 0 Å². The van der Waals surface area contributed by atoms with E-state index in [2.05, 4.69) is 0 Å². The number of nitrogens with two attached hydrogens (primary N) is 1. The molecule has 0 saturated heterocycles. The Morgan fingerprint density at radius 1 is 1.36 bits per heavy atom. The molecule has 0 saturated carbocycles. The molecule has 0 radical (unpaired) electrons. The second kappa shape index (κ2) is 4.05. The van der Waals surface area contributed by atoms with Crippen molar-refractivity contribution in [3.63, 3.8) is 0 Å². The molecule has 0 heterocycles. The Hall–Kier alpha value is -0.960. The van der Waals surface area contributed by atoms with Crippen LogP contribution in [0.15, 0.2) is 18.2 Å². The average Bonchev–Trinajstić information content (AvgIpc) is 2.11. The van der Waals surface area contributed by atoms with E-state index in [4.69, 9.17) is 5.73 Å². The average molecular weight is 199 g/mol. The SMILES string of the molecule is CCC(C)(N)Cc1cc(F)ccc1F. The molecule has 1 atom stereocenters. The minimum Gasteiger partial charge on any atom is -0.325 e. The van der Waals surface area contributed by atoms with E-state index in [1.807, 2.05) is 13.8 Å². The van der Waals surface area contributed by atoms with Crippen molar-refractivity contribution >= 4 is 0 Å². The van der Waals surface area contributed by atoms with E-state index in [1.165, 1.54) is 6.07 Å². The lowest BCUT2D eigenvalue weighted by atomic mass is 9.91. The summed E-state index contributed by atoms with van der Waals surface area (Å²) >= 11 is 0. The van der Waals surface area contributed by atoms with Crippen molar-refractivity contribution in [2.75, 3.05) is 0 Å². The summed E-state index contributed by atoms with van der Waals surface area (Å²) in [7, 11) is 0. The maximum Gasteiger partial charge on any atom is 0.126 e. The first-order valence-corrected chi connectivity index (χ1v) is 4.67. The van der Waals surface area contributed by atoms with Crippen LogP contribution in [0.4, 0.5) is 8.78 Å². The van der Waals surface area contributed by atoms with Crippen molar-refractivity contribution in [1.82, 2.24) is 0 Å². The molecular formula is C11H15F2N. The molecular weight excluding hydrogens is 184 g/mol. The first-order valence-electron chi connectivity index (χ1n) is 4.67. The molecule has 1 rings (SSSR count). The summed E-state index contributed by atoms with van der Waals surface area (Å²) in [6.45, 7) is 3.76. The third-order valence-electron chi connectivity index (χ3n) is 2.41. The Bertz CT molecular complexity index is 321. The summed E-state index contributed by atoms with van der Waals surface area (Å²) in [4.78, 5) is 0. The molecule has 3 heteroatoms. The van der Waals surface area contributed by atoms with Gasteiger partial charge in [0.25, 0.3) is 0 Å².